The lowest BCUT2D eigenvalue weighted by atomic mass is 10.2. The van der Waals surface area contributed by atoms with Gasteiger partial charge in [-0.1, -0.05) is 12.1 Å². The zero-order valence-corrected chi connectivity index (χ0v) is 12.4. The molecule has 110 valence electrons. The topological polar surface area (TPSA) is 41.6 Å². The number of hydrogen-bond acceptors (Lipinski definition) is 3. The minimum atomic E-state index is -0.135. The van der Waals surface area contributed by atoms with Gasteiger partial charge >= 0.3 is 0 Å². The molecule has 1 heterocycles. The second-order valence-corrected chi connectivity index (χ2v) is 5.22. The highest BCUT2D eigenvalue weighted by atomic mass is 16.5. The maximum atomic E-state index is 12.2. The van der Waals surface area contributed by atoms with Crippen molar-refractivity contribution in [2.24, 2.45) is 0 Å². The average molecular weight is 276 g/mol. The van der Waals surface area contributed by atoms with Crippen molar-refractivity contribution in [3.8, 4) is 5.75 Å². The highest BCUT2D eigenvalue weighted by Gasteiger charge is 2.22. The molecule has 0 spiro atoms. The Balaban J connectivity index is 1.84. The quantitative estimate of drug-likeness (QED) is 0.866. The summed E-state index contributed by atoms with van der Waals surface area (Å²) in [7, 11) is 0. The van der Waals surface area contributed by atoms with Crippen molar-refractivity contribution in [1.82, 2.24) is 10.2 Å². The van der Waals surface area contributed by atoms with Crippen LogP contribution in [-0.2, 0) is 11.3 Å². The van der Waals surface area contributed by atoms with E-state index in [0.29, 0.717) is 13.2 Å². The van der Waals surface area contributed by atoms with Crippen molar-refractivity contribution < 1.29 is 9.53 Å². The summed E-state index contributed by atoms with van der Waals surface area (Å²) >= 11 is 0. The third kappa shape index (κ3) is 3.97. The summed E-state index contributed by atoms with van der Waals surface area (Å²) in [5.74, 6) is 1.09. The highest BCUT2D eigenvalue weighted by Crippen LogP contribution is 2.14. The molecule has 1 aliphatic heterocycles. The molecule has 4 nitrogen and oxygen atoms in total. The van der Waals surface area contributed by atoms with Crippen molar-refractivity contribution in [3.05, 3.63) is 29.8 Å². The first-order chi connectivity index (χ1) is 9.70. The van der Waals surface area contributed by atoms with Gasteiger partial charge in [-0.2, -0.15) is 0 Å². The fourth-order valence-electron chi connectivity index (χ4n) is 2.48. The summed E-state index contributed by atoms with van der Waals surface area (Å²) in [5.41, 5.74) is 1.14. The van der Waals surface area contributed by atoms with Crippen molar-refractivity contribution in [2.75, 3.05) is 19.7 Å². The van der Waals surface area contributed by atoms with E-state index in [-0.39, 0.29) is 11.9 Å². The molecule has 1 amide bonds. The van der Waals surface area contributed by atoms with Crippen LogP contribution < -0.4 is 10.1 Å². The number of hydrogen-bond donors (Lipinski definition) is 1. The van der Waals surface area contributed by atoms with E-state index >= 15 is 0 Å². The predicted molar refractivity (Wildman–Crippen MR) is 79.7 cm³/mol. The first-order valence-corrected chi connectivity index (χ1v) is 7.44. The largest absolute Gasteiger partial charge is 0.494 e. The predicted octanol–water partition coefficient (Wildman–Crippen LogP) is 2.19. The van der Waals surface area contributed by atoms with Gasteiger partial charge < -0.3 is 15.0 Å². The maximum absolute atomic E-state index is 12.2. The van der Waals surface area contributed by atoms with Crippen LogP contribution >= 0.6 is 0 Å². The van der Waals surface area contributed by atoms with Crippen LogP contribution in [-0.4, -0.2) is 36.5 Å². The summed E-state index contributed by atoms with van der Waals surface area (Å²) in [5, 5.41) is 3.30. The molecular weight excluding hydrogens is 252 g/mol. The molecule has 1 aromatic carbocycles. The minimum Gasteiger partial charge on any atom is -0.494 e. The first-order valence-electron chi connectivity index (χ1n) is 7.44. The number of nitrogens with one attached hydrogen (secondary N) is 1. The lowest BCUT2D eigenvalue weighted by Crippen LogP contribution is -2.43. The standard InChI is InChI=1S/C16H24N2O2/c1-3-20-15-8-6-7-14(11-15)12-17-13(2)16(19)18-9-4-5-10-18/h6-8,11,13,17H,3-5,9-10,12H2,1-2H3. The molecular formula is C16H24N2O2. The number of rotatable bonds is 6. The Hall–Kier alpha value is -1.55. The van der Waals surface area contributed by atoms with Gasteiger partial charge in [-0.25, -0.2) is 0 Å². The number of benzene rings is 1. The van der Waals surface area contributed by atoms with Gasteiger partial charge in [0.15, 0.2) is 0 Å². The summed E-state index contributed by atoms with van der Waals surface area (Å²) < 4.78 is 5.48. The highest BCUT2D eigenvalue weighted by molar-refractivity contribution is 5.81. The molecule has 1 fully saturated rings. The fourth-order valence-corrected chi connectivity index (χ4v) is 2.48. The van der Waals surface area contributed by atoms with Crippen LogP contribution in [0.25, 0.3) is 0 Å². The third-order valence-electron chi connectivity index (χ3n) is 3.61. The van der Waals surface area contributed by atoms with Crippen molar-refractivity contribution >= 4 is 5.91 Å². The molecule has 1 N–H and O–H groups in total. The maximum Gasteiger partial charge on any atom is 0.239 e. The van der Waals surface area contributed by atoms with Crippen molar-refractivity contribution in [2.45, 2.75) is 39.3 Å². The molecule has 4 heteroatoms. The molecule has 1 unspecified atom stereocenters. The van der Waals surface area contributed by atoms with Crippen molar-refractivity contribution in [3.63, 3.8) is 0 Å². The molecule has 0 aliphatic carbocycles. The van der Waals surface area contributed by atoms with Gasteiger partial charge in [0.2, 0.25) is 5.91 Å². The van der Waals surface area contributed by atoms with Crippen LogP contribution in [0.5, 0.6) is 5.75 Å². The molecule has 0 aromatic heterocycles. The van der Waals surface area contributed by atoms with Crippen LogP contribution in [0.3, 0.4) is 0 Å². The SMILES string of the molecule is CCOc1cccc(CNC(C)C(=O)N2CCCC2)c1. The van der Waals surface area contributed by atoms with Gasteiger partial charge in [-0.3, -0.25) is 4.79 Å². The second-order valence-electron chi connectivity index (χ2n) is 5.22. The Morgan fingerprint density at radius 1 is 1.40 bits per heavy atom. The van der Waals surface area contributed by atoms with E-state index in [1.807, 2.05) is 43.0 Å². The Kier molecular flexibility index (Phi) is 5.41. The van der Waals surface area contributed by atoms with Gasteiger partial charge in [-0.05, 0) is 44.4 Å². The molecule has 0 radical (unpaired) electrons. The molecule has 20 heavy (non-hydrogen) atoms. The lowest BCUT2D eigenvalue weighted by molar-refractivity contribution is -0.131. The number of amides is 1. The smallest absolute Gasteiger partial charge is 0.239 e. The van der Waals surface area contributed by atoms with E-state index in [9.17, 15) is 4.79 Å². The molecule has 1 aromatic rings. The Morgan fingerprint density at radius 2 is 2.15 bits per heavy atom. The minimum absolute atomic E-state index is 0.135. The van der Waals surface area contributed by atoms with Gasteiger partial charge in [0.05, 0.1) is 12.6 Å². The van der Waals surface area contributed by atoms with Crippen LogP contribution in [0.2, 0.25) is 0 Å². The lowest BCUT2D eigenvalue weighted by Gasteiger charge is -2.21. The van der Waals surface area contributed by atoms with Gasteiger partial charge in [0, 0.05) is 19.6 Å². The molecule has 1 aliphatic rings. The Bertz CT molecular complexity index is 442. The van der Waals surface area contributed by atoms with E-state index in [1.165, 1.54) is 0 Å². The van der Waals surface area contributed by atoms with E-state index in [1.54, 1.807) is 0 Å². The Labute approximate surface area is 121 Å². The number of carbonyl (C=O) groups excluding carboxylic acids is 1. The number of nitrogens with zero attached hydrogens (tertiary/aromatic N) is 1. The molecule has 0 bridgehead atoms. The molecule has 2 rings (SSSR count). The summed E-state index contributed by atoms with van der Waals surface area (Å²) in [6.45, 7) is 7.08. The summed E-state index contributed by atoms with van der Waals surface area (Å²) in [4.78, 5) is 14.1. The summed E-state index contributed by atoms with van der Waals surface area (Å²) in [6.07, 6.45) is 2.27. The van der Waals surface area contributed by atoms with Crippen LogP contribution in [0.4, 0.5) is 0 Å². The zero-order chi connectivity index (χ0) is 14.4. The average Bonchev–Trinajstić information content (AvgIpc) is 2.99. The van der Waals surface area contributed by atoms with E-state index in [0.717, 1.165) is 37.2 Å². The van der Waals surface area contributed by atoms with Gasteiger partial charge in [0.25, 0.3) is 0 Å². The van der Waals surface area contributed by atoms with Gasteiger partial charge in [-0.15, -0.1) is 0 Å². The zero-order valence-electron chi connectivity index (χ0n) is 12.4. The fraction of sp³-hybridized carbons (Fsp3) is 0.562. The van der Waals surface area contributed by atoms with E-state index in [4.69, 9.17) is 4.74 Å². The first kappa shape index (κ1) is 14.9. The van der Waals surface area contributed by atoms with Crippen LogP contribution in [0.15, 0.2) is 24.3 Å². The monoisotopic (exact) mass is 276 g/mol. The van der Waals surface area contributed by atoms with E-state index < -0.39 is 0 Å². The molecule has 0 saturated carbocycles. The second kappa shape index (κ2) is 7.29. The normalized spacial score (nSPS) is 16.2. The third-order valence-corrected chi connectivity index (χ3v) is 3.61. The number of carbonyl (C=O) groups is 1. The van der Waals surface area contributed by atoms with Gasteiger partial charge in [0.1, 0.15) is 5.75 Å². The van der Waals surface area contributed by atoms with Crippen molar-refractivity contribution in [1.29, 1.82) is 0 Å². The van der Waals surface area contributed by atoms with E-state index in [2.05, 4.69) is 5.32 Å². The number of likely N-dealkylation sites (tertiary alicyclic amines) is 1. The summed E-state index contributed by atoms with van der Waals surface area (Å²) in [6, 6.07) is 7.86. The van der Waals surface area contributed by atoms with Crippen LogP contribution in [0, 0.1) is 0 Å². The number of ether oxygens (including phenoxy) is 1. The molecule has 1 atom stereocenters. The molecule has 1 saturated heterocycles. The van der Waals surface area contributed by atoms with Crippen LogP contribution in [0.1, 0.15) is 32.3 Å². The Morgan fingerprint density at radius 3 is 2.85 bits per heavy atom.